The second kappa shape index (κ2) is 7.73. The van der Waals surface area contributed by atoms with E-state index in [1.165, 1.54) is 0 Å². The Balaban J connectivity index is 1.48. The number of Topliss-reactive ketones (excluding diaryl/α,β-unsaturated/α-hetero) is 1. The third-order valence-corrected chi connectivity index (χ3v) is 4.28. The first kappa shape index (κ1) is 16.2. The van der Waals surface area contributed by atoms with Crippen molar-refractivity contribution >= 4 is 11.9 Å². The number of carbonyl (C=O) groups is 2. The Morgan fingerprint density at radius 3 is 2.50 bits per heavy atom. The first-order chi connectivity index (χ1) is 11.7. The third kappa shape index (κ3) is 3.98. The Morgan fingerprint density at radius 1 is 1.08 bits per heavy atom. The van der Waals surface area contributed by atoms with Gasteiger partial charge in [0, 0.05) is 37.0 Å². The van der Waals surface area contributed by atoms with Gasteiger partial charge in [-0.05, 0) is 30.5 Å². The smallest absolute Gasteiger partial charge is 0.410 e. The molecule has 1 aromatic heterocycles. The highest BCUT2D eigenvalue weighted by Crippen LogP contribution is 2.22. The predicted molar refractivity (Wildman–Crippen MR) is 89.5 cm³/mol. The maximum atomic E-state index is 12.4. The summed E-state index contributed by atoms with van der Waals surface area (Å²) in [7, 11) is 0. The molecule has 0 aliphatic carbocycles. The second-order valence-corrected chi connectivity index (χ2v) is 5.91. The molecule has 0 unspecified atom stereocenters. The molecule has 1 saturated heterocycles. The van der Waals surface area contributed by atoms with Gasteiger partial charge < -0.3 is 9.64 Å². The third-order valence-electron chi connectivity index (χ3n) is 4.28. The number of aromatic nitrogens is 1. The highest BCUT2D eigenvalue weighted by Gasteiger charge is 2.28. The van der Waals surface area contributed by atoms with Crippen molar-refractivity contribution in [1.29, 1.82) is 0 Å². The van der Waals surface area contributed by atoms with Gasteiger partial charge in [-0.1, -0.05) is 30.3 Å². The summed E-state index contributed by atoms with van der Waals surface area (Å²) in [6, 6.07) is 13.2. The zero-order chi connectivity index (χ0) is 16.8. The minimum atomic E-state index is -0.314. The summed E-state index contributed by atoms with van der Waals surface area (Å²) < 4.78 is 5.34. The van der Waals surface area contributed by atoms with Gasteiger partial charge in [0.25, 0.3) is 0 Å². The van der Waals surface area contributed by atoms with E-state index in [1.54, 1.807) is 29.4 Å². The average Bonchev–Trinajstić information content (AvgIpc) is 2.67. The average molecular weight is 324 g/mol. The molecular formula is C19H20N2O3. The molecule has 1 aromatic carbocycles. The maximum absolute atomic E-state index is 12.4. The number of carbonyl (C=O) groups excluding carboxylic acids is 2. The monoisotopic (exact) mass is 324 g/mol. The molecule has 0 spiro atoms. The lowest BCUT2D eigenvalue weighted by molar-refractivity contribution is 0.0713. The molecular weight excluding hydrogens is 304 g/mol. The molecule has 0 bridgehead atoms. The molecule has 1 aliphatic heterocycles. The van der Waals surface area contributed by atoms with Gasteiger partial charge in [-0.15, -0.1) is 0 Å². The van der Waals surface area contributed by atoms with E-state index in [0.29, 0.717) is 31.5 Å². The minimum Gasteiger partial charge on any atom is -0.445 e. The van der Waals surface area contributed by atoms with Crippen LogP contribution in [0.5, 0.6) is 0 Å². The largest absolute Gasteiger partial charge is 0.445 e. The number of pyridine rings is 1. The number of likely N-dealkylation sites (tertiary alicyclic amines) is 1. The number of nitrogens with zero attached hydrogens (tertiary/aromatic N) is 2. The maximum Gasteiger partial charge on any atom is 0.410 e. The second-order valence-electron chi connectivity index (χ2n) is 5.91. The fourth-order valence-corrected chi connectivity index (χ4v) is 2.88. The van der Waals surface area contributed by atoms with Crippen LogP contribution < -0.4 is 0 Å². The number of ketones is 1. The summed E-state index contributed by atoms with van der Waals surface area (Å²) in [5.41, 5.74) is 1.61. The Hall–Kier alpha value is -2.69. The first-order valence-electron chi connectivity index (χ1n) is 8.14. The topological polar surface area (TPSA) is 59.5 Å². The molecule has 2 aromatic rings. The van der Waals surface area contributed by atoms with Crippen LogP contribution in [-0.2, 0) is 11.3 Å². The van der Waals surface area contributed by atoms with Gasteiger partial charge in [-0.3, -0.25) is 9.78 Å². The van der Waals surface area contributed by atoms with E-state index in [4.69, 9.17) is 4.74 Å². The van der Waals surface area contributed by atoms with E-state index < -0.39 is 0 Å². The van der Waals surface area contributed by atoms with Crippen LogP contribution in [-0.4, -0.2) is 34.8 Å². The van der Waals surface area contributed by atoms with Gasteiger partial charge in [0.05, 0.1) is 0 Å². The molecule has 1 amide bonds. The van der Waals surface area contributed by atoms with Crippen molar-refractivity contribution in [2.24, 2.45) is 5.92 Å². The minimum absolute atomic E-state index is 0.0487. The van der Waals surface area contributed by atoms with Crippen molar-refractivity contribution in [3.05, 3.63) is 66.0 Å². The molecule has 0 saturated carbocycles. The summed E-state index contributed by atoms with van der Waals surface area (Å²) in [6.07, 6.45) is 4.26. The van der Waals surface area contributed by atoms with Crippen LogP contribution in [0.3, 0.4) is 0 Å². The van der Waals surface area contributed by atoms with Crippen LogP contribution in [0, 0.1) is 5.92 Å². The number of hydrogen-bond donors (Lipinski definition) is 0. The summed E-state index contributed by atoms with van der Waals surface area (Å²) in [5, 5.41) is 0. The molecule has 124 valence electrons. The van der Waals surface area contributed by atoms with Crippen molar-refractivity contribution in [1.82, 2.24) is 9.88 Å². The number of hydrogen-bond acceptors (Lipinski definition) is 4. The van der Waals surface area contributed by atoms with Crippen LogP contribution in [0.2, 0.25) is 0 Å². The fourth-order valence-electron chi connectivity index (χ4n) is 2.88. The van der Waals surface area contributed by atoms with Crippen molar-refractivity contribution in [3.63, 3.8) is 0 Å². The Bertz CT molecular complexity index is 680. The van der Waals surface area contributed by atoms with Crippen LogP contribution >= 0.6 is 0 Å². The molecule has 5 nitrogen and oxygen atoms in total. The number of benzene rings is 1. The van der Waals surface area contributed by atoms with Gasteiger partial charge >= 0.3 is 6.09 Å². The zero-order valence-corrected chi connectivity index (χ0v) is 13.4. The molecule has 24 heavy (non-hydrogen) atoms. The number of rotatable bonds is 4. The Morgan fingerprint density at radius 2 is 1.83 bits per heavy atom. The quantitative estimate of drug-likeness (QED) is 0.810. The summed E-state index contributed by atoms with van der Waals surface area (Å²) >= 11 is 0. The fraction of sp³-hybridized carbons (Fsp3) is 0.316. The number of ether oxygens (including phenoxy) is 1. The highest BCUT2D eigenvalue weighted by atomic mass is 16.6. The van der Waals surface area contributed by atoms with Gasteiger partial charge in [-0.25, -0.2) is 4.79 Å². The van der Waals surface area contributed by atoms with Crippen molar-refractivity contribution in [2.75, 3.05) is 13.1 Å². The van der Waals surface area contributed by atoms with E-state index >= 15 is 0 Å². The molecule has 0 N–H and O–H groups in total. The van der Waals surface area contributed by atoms with Crippen molar-refractivity contribution < 1.29 is 14.3 Å². The normalized spacial score (nSPS) is 15.1. The molecule has 0 radical (unpaired) electrons. The lowest BCUT2D eigenvalue weighted by Gasteiger charge is -2.30. The van der Waals surface area contributed by atoms with Gasteiger partial charge in [0.2, 0.25) is 0 Å². The van der Waals surface area contributed by atoms with Crippen LogP contribution in [0.1, 0.15) is 28.8 Å². The van der Waals surface area contributed by atoms with E-state index in [2.05, 4.69) is 4.98 Å². The standard InChI is InChI=1S/C19H20N2O3/c22-18(17-7-4-10-20-13-17)16-8-11-21(12-9-16)19(23)24-14-15-5-2-1-3-6-15/h1-7,10,13,16H,8-9,11-12,14H2. The van der Waals surface area contributed by atoms with Crippen LogP contribution in [0.15, 0.2) is 54.9 Å². The summed E-state index contributed by atoms with van der Waals surface area (Å²) in [6.45, 7) is 1.36. The van der Waals surface area contributed by atoms with Crippen molar-refractivity contribution in [3.8, 4) is 0 Å². The number of piperidine rings is 1. The summed E-state index contributed by atoms with van der Waals surface area (Å²) in [4.78, 5) is 30.2. The molecule has 3 rings (SSSR count). The molecule has 5 heteroatoms. The highest BCUT2D eigenvalue weighted by molar-refractivity contribution is 5.97. The molecule has 1 aliphatic rings. The Kier molecular flexibility index (Phi) is 5.21. The predicted octanol–water partition coefficient (Wildman–Crippen LogP) is 3.31. The zero-order valence-electron chi connectivity index (χ0n) is 13.4. The molecule has 1 fully saturated rings. The first-order valence-corrected chi connectivity index (χ1v) is 8.14. The van der Waals surface area contributed by atoms with E-state index in [9.17, 15) is 9.59 Å². The summed E-state index contributed by atoms with van der Waals surface area (Å²) in [5.74, 6) is 0.0628. The lowest BCUT2D eigenvalue weighted by Crippen LogP contribution is -2.40. The van der Waals surface area contributed by atoms with Crippen LogP contribution in [0.4, 0.5) is 4.79 Å². The number of amides is 1. The molecule has 0 atom stereocenters. The Labute approximate surface area is 141 Å². The molecule has 2 heterocycles. The van der Waals surface area contributed by atoms with Crippen LogP contribution in [0.25, 0.3) is 0 Å². The van der Waals surface area contributed by atoms with Crippen molar-refractivity contribution in [2.45, 2.75) is 19.4 Å². The van der Waals surface area contributed by atoms with E-state index in [1.807, 2.05) is 30.3 Å². The van der Waals surface area contributed by atoms with E-state index in [0.717, 1.165) is 5.56 Å². The van der Waals surface area contributed by atoms with Gasteiger partial charge in [0.15, 0.2) is 5.78 Å². The lowest BCUT2D eigenvalue weighted by atomic mass is 9.89. The van der Waals surface area contributed by atoms with E-state index in [-0.39, 0.29) is 24.4 Å². The SMILES string of the molecule is O=C(c1cccnc1)C1CCN(C(=O)OCc2ccccc2)CC1. The van der Waals surface area contributed by atoms with Gasteiger partial charge in [0.1, 0.15) is 6.61 Å². The van der Waals surface area contributed by atoms with Gasteiger partial charge in [-0.2, -0.15) is 0 Å².